The predicted molar refractivity (Wildman–Crippen MR) is 106 cm³/mol. The van der Waals surface area contributed by atoms with Crippen molar-refractivity contribution in [3.63, 3.8) is 0 Å². The Morgan fingerprint density at radius 2 is 1.93 bits per heavy atom. The van der Waals surface area contributed by atoms with Crippen molar-refractivity contribution in [3.8, 4) is 11.3 Å². The molecule has 0 unspecified atom stereocenters. The fourth-order valence-corrected chi connectivity index (χ4v) is 4.61. The zero-order valence-electron chi connectivity index (χ0n) is 14.6. The molecule has 27 heavy (non-hydrogen) atoms. The van der Waals surface area contributed by atoms with Crippen molar-refractivity contribution >= 4 is 27.2 Å². The highest BCUT2D eigenvalue weighted by molar-refractivity contribution is 7.17. The van der Waals surface area contributed by atoms with Gasteiger partial charge < -0.3 is 4.90 Å². The molecule has 4 aromatic rings. The van der Waals surface area contributed by atoms with E-state index >= 15 is 0 Å². The van der Waals surface area contributed by atoms with Crippen LogP contribution in [0.15, 0.2) is 48.1 Å². The van der Waals surface area contributed by atoms with Crippen molar-refractivity contribution in [1.29, 1.82) is 0 Å². The lowest BCUT2D eigenvalue weighted by molar-refractivity contribution is 0.487. The number of hydrogen-bond donors (Lipinski definition) is 1. The summed E-state index contributed by atoms with van der Waals surface area (Å²) in [6.45, 7) is 1.91. The van der Waals surface area contributed by atoms with Crippen molar-refractivity contribution in [2.24, 2.45) is 0 Å². The van der Waals surface area contributed by atoms with Crippen molar-refractivity contribution in [3.05, 3.63) is 59.7 Å². The number of rotatable bonds is 3. The van der Waals surface area contributed by atoms with Crippen LogP contribution in [0, 0.1) is 5.82 Å². The molecule has 0 spiro atoms. The third-order valence-electron chi connectivity index (χ3n) is 5.17. The number of benzene rings is 1. The van der Waals surface area contributed by atoms with Gasteiger partial charge in [-0.2, -0.15) is 5.10 Å². The first kappa shape index (κ1) is 16.4. The minimum Gasteiger partial charge on any atom is -0.370 e. The summed E-state index contributed by atoms with van der Waals surface area (Å²) in [5.74, 6) is 1.09. The van der Waals surface area contributed by atoms with Crippen molar-refractivity contribution in [1.82, 2.24) is 20.2 Å². The normalized spacial score (nSPS) is 15.5. The van der Waals surface area contributed by atoms with Gasteiger partial charge in [0.1, 0.15) is 12.1 Å². The molecule has 5 rings (SSSR count). The highest BCUT2D eigenvalue weighted by Crippen LogP contribution is 2.37. The monoisotopic (exact) mass is 379 g/mol. The Balaban J connectivity index is 1.47. The molecule has 1 aliphatic heterocycles. The SMILES string of the molecule is Fc1ccc(-c2cc(N3CCC(c4nc[nH]n4)CC3)c3sccc3n2)cc1. The van der Waals surface area contributed by atoms with Crippen LogP contribution in [-0.4, -0.2) is 33.3 Å². The highest BCUT2D eigenvalue weighted by atomic mass is 32.1. The maximum Gasteiger partial charge on any atom is 0.153 e. The van der Waals surface area contributed by atoms with Crippen molar-refractivity contribution in [2.75, 3.05) is 18.0 Å². The summed E-state index contributed by atoms with van der Waals surface area (Å²) < 4.78 is 14.5. The van der Waals surface area contributed by atoms with Gasteiger partial charge in [-0.1, -0.05) is 0 Å². The second-order valence-electron chi connectivity index (χ2n) is 6.79. The third-order valence-corrected chi connectivity index (χ3v) is 6.09. The summed E-state index contributed by atoms with van der Waals surface area (Å²) in [5.41, 5.74) is 4.02. The minimum absolute atomic E-state index is 0.232. The van der Waals surface area contributed by atoms with E-state index in [9.17, 15) is 4.39 Å². The van der Waals surface area contributed by atoms with Gasteiger partial charge in [-0.25, -0.2) is 14.4 Å². The zero-order chi connectivity index (χ0) is 18.2. The van der Waals surface area contributed by atoms with Crippen LogP contribution in [0.4, 0.5) is 10.1 Å². The molecule has 0 atom stereocenters. The Hall–Kier alpha value is -2.80. The van der Waals surface area contributed by atoms with E-state index in [1.807, 2.05) is 0 Å². The van der Waals surface area contributed by atoms with Gasteiger partial charge in [0.25, 0.3) is 0 Å². The van der Waals surface area contributed by atoms with Gasteiger partial charge in [0.2, 0.25) is 0 Å². The van der Waals surface area contributed by atoms with Crippen LogP contribution in [0.25, 0.3) is 21.5 Å². The standard InChI is InChI=1S/C20H18FN5S/c21-15-3-1-13(2-4-15)17-11-18(19-16(24-17)7-10-27-19)26-8-5-14(6-9-26)20-22-12-23-25-20/h1-4,7,10-12,14H,5-6,8-9H2,(H,22,23,25). The van der Waals surface area contributed by atoms with E-state index < -0.39 is 0 Å². The van der Waals surface area contributed by atoms with E-state index in [4.69, 9.17) is 4.98 Å². The summed E-state index contributed by atoms with van der Waals surface area (Å²) in [5, 5.41) is 9.14. The molecule has 4 heterocycles. The smallest absolute Gasteiger partial charge is 0.153 e. The van der Waals surface area contributed by atoms with E-state index in [-0.39, 0.29) is 5.82 Å². The molecule has 1 aliphatic rings. The van der Waals surface area contributed by atoms with Gasteiger partial charge in [-0.15, -0.1) is 11.3 Å². The first-order valence-corrected chi connectivity index (χ1v) is 9.91. The summed E-state index contributed by atoms with van der Waals surface area (Å²) in [7, 11) is 0. The number of aromatic nitrogens is 4. The Morgan fingerprint density at radius 1 is 1.11 bits per heavy atom. The molecular weight excluding hydrogens is 361 g/mol. The number of thiophene rings is 1. The average Bonchev–Trinajstić information content (AvgIpc) is 3.40. The maximum atomic E-state index is 13.3. The first-order valence-electron chi connectivity index (χ1n) is 9.03. The molecule has 1 fully saturated rings. The molecular formula is C20H18FN5S. The van der Waals surface area contributed by atoms with Crippen LogP contribution in [0.1, 0.15) is 24.6 Å². The molecule has 0 aliphatic carbocycles. The molecule has 1 aromatic carbocycles. The number of nitrogens with zero attached hydrogens (tertiary/aromatic N) is 4. The predicted octanol–water partition coefficient (Wildman–Crippen LogP) is 4.60. The second kappa shape index (κ2) is 6.74. The third kappa shape index (κ3) is 3.08. The van der Waals surface area contributed by atoms with Gasteiger partial charge in [-0.3, -0.25) is 5.10 Å². The fraction of sp³-hybridized carbons (Fsp3) is 0.250. The van der Waals surface area contributed by atoms with Crippen LogP contribution >= 0.6 is 11.3 Å². The maximum absolute atomic E-state index is 13.3. The van der Waals surface area contributed by atoms with E-state index in [0.29, 0.717) is 5.92 Å². The number of nitrogens with one attached hydrogen (secondary N) is 1. The Labute approximate surface area is 159 Å². The summed E-state index contributed by atoms with van der Waals surface area (Å²) in [4.78, 5) is 11.5. The van der Waals surface area contributed by atoms with Crippen LogP contribution in [-0.2, 0) is 0 Å². The first-order chi connectivity index (χ1) is 13.3. The molecule has 0 amide bonds. The minimum atomic E-state index is -0.232. The van der Waals surface area contributed by atoms with E-state index in [2.05, 4.69) is 37.6 Å². The van der Waals surface area contributed by atoms with Gasteiger partial charge in [0.15, 0.2) is 5.82 Å². The highest BCUT2D eigenvalue weighted by Gasteiger charge is 2.25. The average molecular weight is 379 g/mol. The Morgan fingerprint density at radius 3 is 2.67 bits per heavy atom. The fourth-order valence-electron chi connectivity index (χ4n) is 3.74. The number of anilines is 1. The summed E-state index contributed by atoms with van der Waals surface area (Å²) in [6.07, 6.45) is 3.70. The summed E-state index contributed by atoms with van der Waals surface area (Å²) >= 11 is 1.72. The Kier molecular flexibility index (Phi) is 4.09. The molecule has 1 N–H and O–H groups in total. The number of hydrogen-bond acceptors (Lipinski definition) is 5. The van der Waals surface area contributed by atoms with E-state index in [1.54, 1.807) is 29.8 Å². The molecule has 0 radical (unpaired) electrons. The topological polar surface area (TPSA) is 57.7 Å². The van der Waals surface area contributed by atoms with Crippen LogP contribution < -0.4 is 4.90 Å². The molecule has 136 valence electrons. The van der Waals surface area contributed by atoms with Crippen LogP contribution in [0.5, 0.6) is 0 Å². The van der Waals surface area contributed by atoms with Gasteiger partial charge in [0, 0.05) is 24.6 Å². The lowest BCUT2D eigenvalue weighted by Gasteiger charge is -2.33. The van der Waals surface area contributed by atoms with Crippen molar-refractivity contribution in [2.45, 2.75) is 18.8 Å². The van der Waals surface area contributed by atoms with Crippen LogP contribution in [0.3, 0.4) is 0 Å². The number of aromatic amines is 1. The van der Waals surface area contributed by atoms with E-state index in [1.165, 1.54) is 22.5 Å². The van der Waals surface area contributed by atoms with Gasteiger partial charge in [-0.05, 0) is 54.6 Å². The lowest BCUT2D eigenvalue weighted by Crippen LogP contribution is -2.33. The van der Waals surface area contributed by atoms with Crippen LogP contribution in [0.2, 0.25) is 0 Å². The number of piperidine rings is 1. The quantitative estimate of drug-likeness (QED) is 0.565. The number of pyridine rings is 1. The summed E-state index contributed by atoms with van der Waals surface area (Å²) in [6, 6.07) is 10.7. The molecule has 1 saturated heterocycles. The second-order valence-corrected chi connectivity index (χ2v) is 7.70. The van der Waals surface area contributed by atoms with Crippen molar-refractivity contribution < 1.29 is 4.39 Å². The molecule has 0 saturated carbocycles. The molecule has 0 bridgehead atoms. The van der Waals surface area contributed by atoms with Gasteiger partial charge in [0.05, 0.1) is 21.6 Å². The number of H-pyrrole nitrogens is 1. The lowest BCUT2D eigenvalue weighted by atomic mass is 9.95. The number of halogens is 1. The number of fused-ring (bicyclic) bond motifs is 1. The molecule has 7 heteroatoms. The largest absolute Gasteiger partial charge is 0.370 e. The molecule has 3 aromatic heterocycles. The zero-order valence-corrected chi connectivity index (χ0v) is 15.4. The molecule has 5 nitrogen and oxygen atoms in total. The van der Waals surface area contributed by atoms with E-state index in [0.717, 1.165) is 48.5 Å². The Bertz CT molecular complexity index is 1050. The van der Waals surface area contributed by atoms with Gasteiger partial charge >= 0.3 is 0 Å².